The lowest BCUT2D eigenvalue weighted by atomic mass is 9.98. The monoisotopic (exact) mass is 484 g/mol. The molecule has 0 aromatic heterocycles. The Balaban J connectivity index is 2.55. The van der Waals surface area contributed by atoms with Gasteiger partial charge >= 0.3 is 23.9 Å². The summed E-state index contributed by atoms with van der Waals surface area (Å²) in [6.07, 6.45) is -6.58. The van der Waals surface area contributed by atoms with Crippen molar-refractivity contribution >= 4 is 23.9 Å². The van der Waals surface area contributed by atoms with Crippen LogP contribution in [0.25, 0.3) is 0 Å². The van der Waals surface area contributed by atoms with Crippen LogP contribution in [0, 0.1) is 0 Å². The highest BCUT2D eigenvalue weighted by Crippen LogP contribution is 2.40. The second-order valence-corrected chi connectivity index (χ2v) is 7.18. The third-order valence-corrected chi connectivity index (χ3v) is 4.56. The largest absolute Gasteiger partial charge is 0.493 e. The number of ether oxygens (including phenoxy) is 8. The van der Waals surface area contributed by atoms with E-state index in [1.807, 2.05) is 0 Å². The fourth-order valence-corrected chi connectivity index (χ4v) is 3.33. The van der Waals surface area contributed by atoms with E-state index in [0.29, 0.717) is 0 Å². The second-order valence-electron chi connectivity index (χ2n) is 7.18. The van der Waals surface area contributed by atoms with E-state index in [-0.39, 0.29) is 23.9 Å². The van der Waals surface area contributed by atoms with Crippen LogP contribution < -0.4 is 14.2 Å². The number of carbonyl (C=O) groups is 4. The first-order chi connectivity index (χ1) is 16.1. The molecule has 1 aliphatic heterocycles. The van der Waals surface area contributed by atoms with Crippen molar-refractivity contribution in [2.45, 2.75) is 58.4 Å². The Labute approximate surface area is 196 Å². The number of hydrogen-bond acceptors (Lipinski definition) is 12. The summed E-state index contributed by atoms with van der Waals surface area (Å²) in [4.78, 5) is 47.0. The van der Waals surface area contributed by atoms with Gasteiger partial charge in [-0.05, 0) is 12.1 Å². The average Bonchev–Trinajstić information content (AvgIpc) is 2.75. The molecule has 1 fully saturated rings. The Bertz CT molecular complexity index is 876. The molecule has 0 bridgehead atoms. The van der Waals surface area contributed by atoms with Gasteiger partial charge in [-0.3, -0.25) is 19.2 Å². The van der Waals surface area contributed by atoms with Crippen molar-refractivity contribution in [2.24, 2.45) is 0 Å². The van der Waals surface area contributed by atoms with Gasteiger partial charge in [0, 0.05) is 27.7 Å². The lowest BCUT2D eigenvalue weighted by Crippen LogP contribution is -2.63. The minimum absolute atomic E-state index is 0.105. The van der Waals surface area contributed by atoms with Gasteiger partial charge in [-0.2, -0.15) is 0 Å². The molecule has 0 amide bonds. The number of para-hydroxylation sites is 1. The van der Waals surface area contributed by atoms with Crippen LogP contribution in [0.3, 0.4) is 0 Å². The summed E-state index contributed by atoms with van der Waals surface area (Å²) < 4.78 is 43.7. The van der Waals surface area contributed by atoms with Gasteiger partial charge < -0.3 is 37.9 Å². The van der Waals surface area contributed by atoms with Crippen LogP contribution in [-0.2, 0) is 42.9 Å². The maximum absolute atomic E-state index is 11.9. The van der Waals surface area contributed by atoms with Crippen molar-refractivity contribution in [2.75, 3.05) is 20.8 Å². The number of benzene rings is 1. The molecule has 0 unspecified atom stereocenters. The zero-order valence-corrected chi connectivity index (χ0v) is 19.7. The molecule has 0 N–H and O–H groups in total. The van der Waals surface area contributed by atoms with Crippen molar-refractivity contribution in [3.8, 4) is 17.2 Å². The zero-order valence-electron chi connectivity index (χ0n) is 19.7. The summed E-state index contributed by atoms with van der Waals surface area (Å²) in [6.45, 7) is 4.21. The van der Waals surface area contributed by atoms with Gasteiger partial charge in [-0.25, -0.2) is 0 Å². The van der Waals surface area contributed by atoms with Crippen LogP contribution in [0.5, 0.6) is 17.2 Å². The van der Waals surface area contributed by atoms with E-state index < -0.39 is 54.6 Å². The molecular weight excluding hydrogens is 456 g/mol. The lowest BCUT2D eigenvalue weighted by molar-refractivity contribution is -0.288. The van der Waals surface area contributed by atoms with E-state index in [0.717, 1.165) is 20.8 Å². The van der Waals surface area contributed by atoms with E-state index in [9.17, 15) is 19.2 Å². The van der Waals surface area contributed by atoms with Crippen molar-refractivity contribution in [1.29, 1.82) is 0 Å². The number of carbonyl (C=O) groups excluding carboxylic acids is 4. The highest BCUT2D eigenvalue weighted by molar-refractivity contribution is 5.68. The lowest BCUT2D eigenvalue weighted by Gasteiger charge is -2.44. The molecule has 1 saturated heterocycles. The Morgan fingerprint density at radius 1 is 0.765 bits per heavy atom. The first-order valence-corrected chi connectivity index (χ1v) is 10.3. The minimum Gasteiger partial charge on any atom is -0.493 e. The molecule has 188 valence electrons. The molecule has 0 radical (unpaired) electrons. The van der Waals surface area contributed by atoms with E-state index >= 15 is 0 Å². The molecule has 34 heavy (non-hydrogen) atoms. The van der Waals surface area contributed by atoms with E-state index in [1.165, 1.54) is 21.1 Å². The van der Waals surface area contributed by atoms with Gasteiger partial charge in [0.25, 0.3) is 0 Å². The normalized spacial score (nSPS) is 23.8. The molecular formula is C22H28O12. The molecule has 12 nitrogen and oxygen atoms in total. The maximum atomic E-state index is 11.9. The van der Waals surface area contributed by atoms with Crippen LogP contribution in [0.4, 0.5) is 0 Å². The van der Waals surface area contributed by atoms with E-state index in [1.54, 1.807) is 18.2 Å². The maximum Gasteiger partial charge on any atom is 0.303 e. The quantitative estimate of drug-likeness (QED) is 0.367. The van der Waals surface area contributed by atoms with Gasteiger partial charge in [-0.15, -0.1) is 0 Å². The van der Waals surface area contributed by atoms with Crippen molar-refractivity contribution in [3.05, 3.63) is 18.2 Å². The Kier molecular flexibility index (Phi) is 9.48. The molecule has 5 atom stereocenters. The van der Waals surface area contributed by atoms with Crippen LogP contribution in [0.2, 0.25) is 0 Å². The van der Waals surface area contributed by atoms with Crippen molar-refractivity contribution in [1.82, 2.24) is 0 Å². The first kappa shape index (κ1) is 26.7. The van der Waals surface area contributed by atoms with Gasteiger partial charge in [0.15, 0.2) is 23.7 Å². The number of esters is 4. The molecule has 0 saturated carbocycles. The number of hydrogen-bond donors (Lipinski definition) is 0. The number of rotatable bonds is 9. The molecule has 1 aromatic rings. The van der Waals surface area contributed by atoms with Crippen LogP contribution in [0.15, 0.2) is 18.2 Å². The SMILES string of the molecule is COc1cccc(OC)c1O[C@@H]1O[C@H](COC(C)=O)[C@@H](OC(C)=O)[C@H](OC(C)=O)[C@H]1OC(C)=O. The van der Waals surface area contributed by atoms with Crippen LogP contribution >= 0.6 is 0 Å². The first-order valence-electron chi connectivity index (χ1n) is 10.3. The van der Waals surface area contributed by atoms with E-state index in [2.05, 4.69) is 0 Å². The highest BCUT2D eigenvalue weighted by Gasteiger charge is 2.53. The Morgan fingerprint density at radius 2 is 1.26 bits per heavy atom. The average molecular weight is 484 g/mol. The van der Waals surface area contributed by atoms with Gasteiger partial charge in [-0.1, -0.05) is 6.07 Å². The molecule has 0 spiro atoms. The number of methoxy groups -OCH3 is 2. The van der Waals surface area contributed by atoms with E-state index in [4.69, 9.17) is 37.9 Å². The zero-order chi connectivity index (χ0) is 25.4. The molecule has 1 heterocycles. The summed E-state index contributed by atoms with van der Waals surface area (Å²) in [7, 11) is 2.82. The third kappa shape index (κ3) is 6.98. The summed E-state index contributed by atoms with van der Waals surface area (Å²) in [5.74, 6) is -2.20. The van der Waals surface area contributed by atoms with Crippen LogP contribution in [-0.4, -0.2) is 75.4 Å². The fraction of sp³-hybridized carbons (Fsp3) is 0.545. The van der Waals surface area contributed by atoms with Crippen molar-refractivity contribution in [3.63, 3.8) is 0 Å². The predicted octanol–water partition coefficient (Wildman–Crippen LogP) is 1.17. The summed E-state index contributed by atoms with van der Waals surface area (Å²) in [6, 6.07) is 4.86. The fourth-order valence-electron chi connectivity index (χ4n) is 3.33. The topological polar surface area (TPSA) is 142 Å². The predicted molar refractivity (Wildman–Crippen MR) is 112 cm³/mol. The standard InChI is InChI=1S/C22H28O12/c1-11(23)29-10-17-19(30-12(2)24)20(31-13(3)25)21(32-14(4)26)22(33-17)34-18-15(27-5)8-7-9-16(18)28-6/h7-9,17,19-22H,10H2,1-6H3/t17-,19-,20+,21-,22+/m1/s1. The van der Waals surface area contributed by atoms with Crippen LogP contribution in [0.1, 0.15) is 27.7 Å². The molecule has 1 aliphatic rings. The Hall–Kier alpha value is -3.54. The molecule has 0 aliphatic carbocycles. The highest BCUT2D eigenvalue weighted by atomic mass is 16.7. The van der Waals surface area contributed by atoms with Crippen molar-refractivity contribution < 1.29 is 57.1 Å². The third-order valence-electron chi connectivity index (χ3n) is 4.56. The second kappa shape index (κ2) is 12.1. The van der Waals surface area contributed by atoms with Gasteiger partial charge in [0.2, 0.25) is 18.1 Å². The van der Waals surface area contributed by atoms with Gasteiger partial charge in [0.1, 0.15) is 12.7 Å². The van der Waals surface area contributed by atoms with Gasteiger partial charge in [0.05, 0.1) is 14.2 Å². The summed E-state index contributed by atoms with van der Waals surface area (Å²) in [5.41, 5.74) is 0. The molecule has 1 aromatic carbocycles. The Morgan fingerprint density at radius 3 is 1.74 bits per heavy atom. The minimum atomic E-state index is -1.41. The smallest absolute Gasteiger partial charge is 0.303 e. The molecule has 12 heteroatoms. The summed E-state index contributed by atoms with van der Waals surface area (Å²) >= 11 is 0. The molecule has 2 rings (SSSR count). The summed E-state index contributed by atoms with van der Waals surface area (Å²) in [5, 5.41) is 0.